The van der Waals surface area contributed by atoms with Crippen LogP contribution < -0.4 is 0 Å². The molecular weight excluding hydrogens is 224 g/mol. The van der Waals surface area contributed by atoms with Gasteiger partial charge in [0.2, 0.25) is 0 Å². The van der Waals surface area contributed by atoms with Crippen LogP contribution in [0.1, 0.15) is 17.9 Å². The monoisotopic (exact) mass is 236 g/mol. The molecule has 0 aliphatic heterocycles. The van der Waals surface area contributed by atoms with Gasteiger partial charge in [0.1, 0.15) is 10.8 Å². The summed E-state index contributed by atoms with van der Waals surface area (Å²) in [5.74, 6) is 0.103. The maximum Gasteiger partial charge on any atom is 0.303 e. The summed E-state index contributed by atoms with van der Waals surface area (Å²) in [6.45, 7) is 1.92. The minimum absolute atomic E-state index is 0.126. The van der Waals surface area contributed by atoms with Crippen molar-refractivity contribution >= 4 is 17.3 Å². The Balaban J connectivity index is 2.19. The predicted molar refractivity (Wildman–Crippen MR) is 62.1 cm³/mol. The first-order valence-corrected chi connectivity index (χ1v) is 5.85. The molecule has 2 aromatic rings. The molecule has 84 valence electrons. The van der Waals surface area contributed by atoms with Gasteiger partial charge in [-0.2, -0.15) is 0 Å². The Kier molecular flexibility index (Phi) is 3.05. The molecule has 0 radical (unpaired) electrons. The molecule has 0 amide bonds. The quantitative estimate of drug-likeness (QED) is 0.885. The van der Waals surface area contributed by atoms with E-state index < -0.39 is 5.97 Å². The second-order valence-corrected chi connectivity index (χ2v) is 4.42. The van der Waals surface area contributed by atoms with E-state index in [-0.39, 0.29) is 6.42 Å². The second kappa shape index (κ2) is 4.49. The van der Waals surface area contributed by atoms with Crippen molar-refractivity contribution < 1.29 is 9.90 Å². The summed E-state index contributed by atoms with van der Waals surface area (Å²) in [6.07, 6.45) is 2.51. The second-order valence-electron chi connectivity index (χ2n) is 3.49. The van der Waals surface area contributed by atoms with E-state index in [4.69, 9.17) is 5.11 Å². The van der Waals surface area contributed by atoms with Crippen molar-refractivity contribution in [1.29, 1.82) is 0 Å². The molecule has 0 saturated carbocycles. The Morgan fingerprint density at radius 2 is 2.44 bits per heavy atom. The number of imidazole rings is 1. The minimum atomic E-state index is -0.789. The molecule has 0 atom stereocenters. The Morgan fingerprint density at radius 3 is 3.06 bits per heavy atom. The van der Waals surface area contributed by atoms with E-state index in [1.807, 2.05) is 35.2 Å². The van der Waals surface area contributed by atoms with Crippen LogP contribution in [0.2, 0.25) is 0 Å². The first kappa shape index (κ1) is 10.9. The number of rotatable bonds is 4. The van der Waals surface area contributed by atoms with Gasteiger partial charge in [-0.05, 0) is 24.4 Å². The van der Waals surface area contributed by atoms with E-state index in [1.54, 1.807) is 11.3 Å². The van der Waals surface area contributed by atoms with Crippen LogP contribution in [-0.2, 0) is 11.2 Å². The third-order valence-electron chi connectivity index (χ3n) is 2.27. The molecule has 0 aromatic carbocycles. The van der Waals surface area contributed by atoms with Crippen LogP contribution in [-0.4, -0.2) is 20.6 Å². The van der Waals surface area contributed by atoms with Crippen LogP contribution in [0, 0.1) is 6.92 Å². The lowest BCUT2D eigenvalue weighted by Crippen LogP contribution is -1.97. The zero-order chi connectivity index (χ0) is 11.5. The summed E-state index contributed by atoms with van der Waals surface area (Å²) in [5, 5.41) is 11.7. The highest BCUT2D eigenvalue weighted by molar-refractivity contribution is 7.12. The molecule has 4 nitrogen and oxygen atoms in total. The van der Waals surface area contributed by atoms with Crippen LogP contribution in [0.3, 0.4) is 0 Å². The minimum Gasteiger partial charge on any atom is -0.481 e. The molecule has 0 aliphatic carbocycles. The van der Waals surface area contributed by atoms with Gasteiger partial charge in [0, 0.05) is 12.6 Å². The molecule has 0 bridgehead atoms. The van der Waals surface area contributed by atoms with Crippen LogP contribution in [0.5, 0.6) is 0 Å². The van der Waals surface area contributed by atoms with Crippen LogP contribution in [0.15, 0.2) is 23.7 Å². The van der Waals surface area contributed by atoms with Crippen molar-refractivity contribution in [2.24, 2.45) is 0 Å². The van der Waals surface area contributed by atoms with Crippen molar-refractivity contribution in [3.8, 4) is 5.00 Å². The fraction of sp³-hybridized carbons (Fsp3) is 0.273. The lowest BCUT2D eigenvalue weighted by Gasteiger charge is -1.98. The van der Waals surface area contributed by atoms with Crippen molar-refractivity contribution in [3.05, 3.63) is 35.2 Å². The molecule has 16 heavy (non-hydrogen) atoms. The normalized spacial score (nSPS) is 10.6. The number of carbonyl (C=O) groups is 1. The lowest BCUT2D eigenvalue weighted by atomic mass is 10.2. The SMILES string of the molecule is Cc1nc(CCC(=O)O)cn1-c1cccs1. The highest BCUT2D eigenvalue weighted by Gasteiger charge is 2.07. The van der Waals surface area contributed by atoms with Gasteiger partial charge in [-0.3, -0.25) is 9.36 Å². The number of thiophene rings is 1. The standard InChI is InChI=1S/C11H12N2O2S/c1-8-12-9(4-5-11(14)15)7-13(8)10-3-2-6-16-10/h2-3,6-7H,4-5H2,1H3,(H,14,15). The Bertz CT molecular complexity index is 488. The van der Waals surface area contributed by atoms with Gasteiger partial charge in [0.05, 0.1) is 12.1 Å². The number of hydrogen-bond acceptors (Lipinski definition) is 3. The molecule has 2 aromatic heterocycles. The predicted octanol–water partition coefficient (Wildman–Crippen LogP) is 2.26. The van der Waals surface area contributed by atoms with E-state index >= 15 is 0 Å². The molecule has 0 aliphatic rings. The highest BCUT2D eigenvalue weighted by atomic mass is 32.1. The fourth-order valence-corrected chi connectivity index (χ4v) is 2.27. The van der Waals surface area contributed by atoms with Gasteiger partial charge in [-0.15, -0.1) is 11.3 Å². The van der Waals surface area contributed by atoms with Gasteiger partial charge in [-0.1, -0.05) is 0 Å². The van der Waals surface area contributed by atoms with Crippen molar-refractivity contribution in [2.75, 3.05) is 0 Å². The molecule has 0 saturated heterocycles. The Morgan fingerprint density at radius 1 is 1.62 bits per heavy atom. The first-order chi connectivity index (χ1) is 7.66. The number of aryl methyl sites for hydroxylation is 2. The van der Waals surface area contributed by atoms with Gasteiger partial charge in [0.25, 0.3) is 0 Å². The summed E-state index contributed by atoms with van der Waals surface area (Å²) in [4.78, 5) is 14.8. The third kappa shape index (κ3) is 2.30. The maximum absolute atomic E-state index is 10.5. The molecule has 1 N–H and O–H groups in total. The summed E-state index contributed by atoms with van der Waals surface area (Å²) < 4.78 is 1.99. The fourth-order valence-electron chi connectivity index (χ4n) is 1.52. The average molecular weight is 236 g/mol. The maximum atomic E-state index is 10.5. The van der Waals surface area contributed by atoms with Gasteiger partial charge in [-0.25, -0.2) is 4.98 Å². The zero-order valence-electron chi connectivity index (χ0n) is 8.88. The van der Waals surface area contributed by atoms with Gasteiger partial charge >= 0.3 is 5.97 Å². The van der Waals surface area contributed by atoms with E-state index in [0.29, 0.717) is 6.42 Å². The van der Waals surface area contributed by atoms with Crippen LogP contribution in [0.4, 0.5) is 0 Å². The summed E-state index contributed by atoms with van der Waals surface area (Å²) in [5.41, 5.74) is 0.827. The summed E-state index contributed by atoms with van der Waals surface area (Å²) in [6, 6.07) is 4.00. The average Bonchev–Trinajstić information content (AvgIpc) is 2.83. The van der Waals surface area contributed by atoms with E-state index in [0.717, 1.165) is 16.5 Å². The number of carboxylic acids is 1. The van der Waals surface area contributed by atoms with Crippen molar-refractivity contribution in [2.45, 2.75) is 19.8 Å². The number of hydrogen-bond donors (Lipinski definition) is 1. The van der Waals surface area contributed by atoms with Crippen molar-refractivity contribution in [3.63, 3.8) is 0 Å². The molecule has 0 fully saturated rings. The lowest BCUT2D eigenvalue weighted by molar-refractivity contribution is -0.136. The largest absolute Gasteiger partial charge is 0.481 e. The molecule has 0 spiro atoms. The van der Waals surface area contributed by atoms with E-state index in [1.165, 1.54) is 0 Å². The third-order valence-corrected chi connectivity index (χ3v) is 3.14. The highest BCUT2D eigenvalue weighted by Crippen LogP contribution is 2.18. The topological polar surface area (TPSA) is 55.1 Å². The summed E-state index contributed by atoms with van der Waals surface area (Å²) in [7, 11) is 0. The van der Waals surface area contributed by atoms with Crippen LogP contribution in [0.25, 0.3) is 5.00 Å². The number of carboxylic acid groups (broad SMARTS) is 1. The van der Waals surface area contributed by atoms with E-state index in [2.05, 4.69) is 4.98 Å². The number of aliphatic carboxylic acids is 1. The molecule has 0 unspecified atom stereocenters. The van der Waals surface area contributed by atoms with Crippen molar-refractivity contribution in [1.82, 2.24) is 9.55 Å². The van der Waals surface area contributed by atoms with Gasteiger partial charge < -0.3 is 5.11 Å². The molecule has 5 heteroatoms. The number of nitrogens with zero attached hydrogens (tertiary/aromatic N) is 2. The Hall–Kier alpha value is -1.62. The van der Waals surface area contributed by atoms with E-state index in [9.17, 15) is 4.79 Å². The summed E-state index contributed by atoms with van der Waals surface area (Å²) >= 11 is 1.63. The molecule has 2 heterocycles. The smallest absolute Gasteiger partial charge is 0.303 e. The first-order valence-electron chi connectivity index (χ1n) is 4.97. The zero-order valence-corrected chi connectivity index (χ0v) is 9.70. The molecular formula is C11H12N2O2S. The molecule has 2 rings (SSSR count). The van der Waals surface area contributed by atoms with Gasteiger partial charge in [0.15, 0.2) is 0 Å². The number of aromatic nitrogens is 2. The Labute approximate surface area is 97.2 Å². The van der Waals surface area contributed by atoms with Crippen LogP contribution >= 0.6 is 11.3 Å².